The van der Waals surface area contributed by atoms with Crippen LogP contribution in [-0.4, -0.2) is 35.5 Å². The van der Waals surface area contributed by atoms with E-state index in [2.05, 4.69) is 51.8 Å². The zero-order chi connectivity index (χ0) is 14.0. The van der Waals surface area contributed by atoms with Crippen LogP contribution in [0.2, 0.25) is 0 Å². The Kier molecular flexibility index (Phi) is 4.82. The van der Waals surface area contributed by atoms with Crippen molar-refractivity contribution in [2.24, 2.45) is 5.41 Å². The molecule has 0 bridgehead atoms. The van der Waals surface area contributed by atoms with Crippen molar-refractivity contribution in [1.82, 2.24) is 10.2 Å². The molecule has 0 spiro atoms. The lowest BCUT2D eigenvalue weighted by atomic mass is 9.80. The zero-order valence-corrected chi connectivity index (χ0v) is 13.0. The topological polar surface area (TPSA) is 32.3 Å². The maximum absolute atomic E-state index is 12.5. The molecule has 0 radical (unpaired) electrons. The molecule has 1 unspecified atom stereocenters. The SMILES string of the molecule is CCNC1CCCN(C(C)(C)CC(C)(C)C)C1=O. The van der Waals surface area contributed by atoms with Gasteiger partial charge in [-0.3, -0.25) is 4.79 Å². The summed E-state index contributed by atoms with van der Waals surface area (Å²) in [6.45, 7) is 15.0. The van der Waals surface area contributed by atoms with Crippen LogP contribution in [0.3, 0.4) is 0 Å². The van der Waals surface area contributed by atoms with Crippen LogP contribution in [0.1, 0.15) is 60.8 Å². The molecule has 0 aromatic heterocycles. The molecule has 3 nitrogen and oxygen atoms in total. The standard InChI is InChI=1S/C15H30N2O/c1-7-16-12-9-8-10-17(13(12)18)15(5,6)11-14(2,3)4/h12,16H,7-11H2,1-6H3. The van der Waals surface area contributed by atoms with Crippen LogP contribution in [0.15, 0.2) is 0 Å². The number of rotatable bonds is 4. The van der Waals surface area contributed by atoms with Crippen molar-refractivity contribution in [2.45, 2.75) is 72.4 Å². The zero-order valence-electron chi connectivity index (χ0n) is 13.0. The first kappa shape index (κ1) is 15.5. The predicted octanol–water partition coefficient (Wildman–Crippen LogP) is 2.80. The Morgan fingerprint density at radius 2 is 1.89 bits per heavy atom. The average molecular weight is 254 g/mol. The van der Waals surface area contributed by atoms with E-state index in [9.17, 15) is 4.79 Å². The van der Waals surface area contributed by atoms with Crippen molar-refractivity contribution in [3.8, 4) is 0 Å². The fourth-order valence-corrected chi connectivity index (χ4v) is 3.31. The van der Waals surface area contributed by atoms with Crippen molar-refractivity contribution >= 4 is 5.91 Å². The molecule has 1 amide bonds. The normalized spacial score (nSPS) is 22.4. The largest absolute Gasteiger partial charge is 0.336 e. The van der Waals surface area contributed by atoms with Crippen LogP contribution in [0.5, 0.6) is 0 Å². The van der Waals surface area contributed by atoms with Gasteiger partial charge in [0.05, 0.1) is 6.04 Å². The molecule has 0 aromatic rings. The fourth-order valence-electron chi connectivity index (χ4n) is 3.31. The number of hydrogen-bond acceptors (Lipinski definition) is 2. The van der Waals surface area contributed by atoms with Crippen LogP contribution in [0, 0.1) is 5.41 Å². The minimum atomic E-state index is -0.0522. The third kappa shape index (κ3) is 3.98. The molecule has 1 heterocycles. The van der Waals surface area contributed by atoms with Gasteiger partial charge in [-0.15, -0.1) is 0 Å². The van der Waals surface area contributed by atoms with Crippen molar-refractivity contribution in [3.05, 3.63) is 0 Å². The third-order valence-electron chi connectivity index (χ3n) is 3.58. The van der Waals surface area contributed by atoms with Gasteiger partial charge in [0.2, 0.25) is 5.91 Å². The third-order valence-corrected chi connectivity index (χ3v) is 3.58. The highest BCUT2D eigenvalue weighted by Crippen LogP contribution is 2.33. The Balaban J connectivity index is 2.77. The summed E-state index contributed by atoms with van der Waals surface area (Å²) in [7, 11) is 0. The first-order chi connectivity index (χ1) is 8.17. The molecule has 0 aliphatic carbocycles. The molecule has 1 atom stereocenters. The number of likely N-dealkylation sites (N-methyl/N-ethyl adjacent to an activating group) is 1. The molecule has 1 N–H and O–H groups in total. The Labute approximate surface area is 112 Å². The van der Waals surface area contributed by atoms with E-state index in [4.69, 9.17) is 0 Å². The molecule has 106 valence electrons. The number of hydrogen-bond donors (Lipinski definition) is 1. The molecule has 0 aromatic carbocycles. The van der Waals surface area contributed by atoms with Crippen molar-refractivity contribution in [3.63, 3.8) is 0 Å². The predicted molar refractivity (Wildman–Crippen MR) is 76.6 cm³/mol. The van der Waals surface area contributed by atoms with Gasteiger partial charge in [0.1, 0.15) is 0 Å². The van der Waals surface area contributed by atoms with Gasteiger partial charge in [-0.1, -0.05) is 27.7 Å². The number of nitrogens with zero attached hydrogens (tertiary/aromatic N) is 1. The number of carbonyl (C=O) groups excluding carboxylic acids is 1. The van der Waals surface area contributed by atoms with Crippen LogP contribution in [0.4, 0.5) is 0 Å². The molecule has 0 saturated carbocycles. The summed E-state index contributed by atoms with van der Waals surface area (Å²) in [5, 5.41) is 3.31. The Morgan fingerprint density at radius 3 is 2.39 bits per heavy atom. The molecule has 3 heteroatoms. The number of carbonyl (C=O) groups is 1. The number of piperidine rings is 1. The van der Waals surface area contributed by atoms with Gasteiger partial charge in [-0.25, -0.2) is 0 Å². The van der Waals surface area contributed by atoms with E-state index in [1.54, 1.807) is 0 Å². The lowest BCUT2D eigenvalue weighted by Gasteiger charge is -2.46. The Morgan fingerprint density at radius 1 is 1.28 bits per heavy atom. The second-order valence-electron chi connectivity index (χ2n) is 7.29. The van der Waals surface area contributed by atoms with E-state index in [1.165, 1.54) is 0 Å². The molecule has 1 aliphatic rings. The second-order valence-corrected chi connectivity index (χ2v) is 7.29. The maximum Gasteiger partial charge on any atom is 0.240 e. The van der Waals surface area contributed by atoms with Crippen LogP contribution in [-0.2, 0) is 4.79 Å². The van der Waals surface area contributed by atoms with Crippen LogP contribution in [0.25, 0.3) is 0 Å². The average Bonchev–Trinajstić information content (AvgIpc) is 2.17. The highest BCUT2D eigenvalue weighted by Gasteiger charge is 2.38. The first-order valence-electron chi connectivity index (χ1n) is 7.22. The summed E-state index contributed by atoms with van der Waals surface area (Å²) >= 11 is 0. The molecule has 1 fully saturated rings. The first-order valence-corrected chi connectivity index (χ1v) is 7.22. The van der Waals surface area contributed by atoms with E-state index in [1.807, 2.05) is 0 Å². The highest BCUT2D eigenvalue weighted by molar-refractivity contribution is 5.83. The fraction of sp³-hybridized carbons (Fsp3) is 0.933. The van der Waals surface area contributed by atoms with E-state index in [0.717, 1.165) is 32.4 Å². The molecule has 1 saturated heterocycles. The molecule has 1 aliphatic heterocycles. The molecular formula is C15H30N2O. The maximum atomic E-state index is 12.5. The van der Waals surface area contributed by atoms with E-state index in [0.29, 0.717) is 0 Å². The number of nitrogens with one attached hydrogen (secondary N) is 1. The second kappa shape index (κ2) is 5.60. The van der Waals surface area contributed by atoms with Gasteiger partial charge >= 0.3 is 0 Å². The quantitative estimate of drug-likeness (QED) is 0.836. The molecular weight excluding hydrogens is 224 g/mol. The number of likely N-dealkylation sites (tertiary alicyclic amines) is 1. The lowest BCUT2D eigenvalue weighted by Crippen LogP contribution is -2.58. The molecule has 1 rings (SSSR count). The lowest BCUT2D eigenvalue weighted by molar-refractivity contribution is -0.143. The van der Waals surface area contributed by atoms with Crippen molar-refractivity contribution in [2.75, 3.05) is 13.1 Å². The summed E-state index contributed by atoms with van der Waals surface area (Å²) in [5.74, 6) is 0.289. The van der Waals surface area contributed by atoms with Crippen molar-refractivity contribution in [1.29, 1.82) is 0 Å². The smallest absolute Gasteiger partial charge is 0.240 e. The van der Waals surface area contributed by atoms with Gasteiger partial charge < -0.3 is 10.2 Å². The Bertz CT molecular complexity index is 289. The van der Waals surface area contributed by atoms with Crippen LogP contribution >= 0.6 is 0 Å². The van der Waals surface area contributed by atoms with Gasteiger partial charge in [-0.2, -0.15) is 0 Å². The number of amides is 1. The summed E-state index contributed by atoms with van der Waals surface area (Å²) in [6.07, 6.45) is 3.12. The van der Waals surface area contributed by atoms with Gasteiger partial charge in [-0.05, 0) is 45.1 Å². The van der Waals surface area contributed by atoms with Crippen LogP contribution < -0.4 is 5.32 Å². The van der Waals surface area contributed by atoms with Gasteiger partial charge in [0, 0.05) is 12.1 Å². The van der Waals surface area contributed by atoms with Gasteiger partial charge in [0.15, 0.2) is 0 Å². The highest BCUT2D eigenvalue weighted by atomic mass is 16.2. The minimum absolute atomic E-state index is 0.0305. The summed E-state index contributed by atoms with van der Waals surface area (Å²) < 4.78 is 0. The summed E-state index contributed by atoms with van der Waals surface area (Å²) in [6, 6.07) is 0.0305. The van der Waals surface area contributed by atoms with E-state index < -0.39 is 0 Å². The minimum Gasteiger partial charge on any atom is -0.336 e. The summed E-state index contributed by atoms with van der Waals surface area (Å²) in [4.78, 5) is 14.6. The Hall–Kier alpha value is -0.570. The van der Waals surface area contributed by atoms with Crippen molar-refractivity contribution < 1.29 is 4.79 Å². The monoisotopic (exact) mass is 254 g/mol. The summed E-state index contributed by atoms with van der Waals surface area (Å²) in [5.41, 5.74) is 0.193. The van der Waals surface area contributed by atoms with E-state index >= 15 is 0 Å². The van der Waals surface area contributed by atoms with E-state index in [-0.39, 0.29) is 22.9 Å². The molecule has 18 heavy (non-hydrogen) atoms. The van der Waals surface area contributed by atoms with Gasteiger partial charge in [0.25, 0.3) is 0 Å².